The fourth-order valence-electron chi connectivity index (χ4n) is 2.39. The molecule has 4 nitrogen and oxygen atoms in total. The summed E-state index contributed by atoms with van der Waals surface area (Å²) in [7, 11) is -3.04. The van der Waals surface area contributed by atoms with Gasteiger partial charge in [-0.3, -0.25) is 4.79 Å². The lowest BCUT2D eigenvalue weighted by Gasteiger charge is -2.22. The van der Waals surface area contributed by atoms with Gasteiger partial charge in [0.1, 0.15) is 0 Å². The maximum absolute atomic E-state index is 12.2. The first kappa shape index (κ1) is 16.0. The summed E-state index contributed by atoms with van der Waals surface area (Å²) in [5.74, 6) is 0.0490. The highest BCUT2D eigenvalue weighted by Crippen LogP contribution is 2.32. The molecule has 1 amide bonds. The summed E-state index contributed by atoms with van der Waals surface area (Å²) in [4.78, 5) is 13.3. The van der Waals surface area contributed by atoms with Crippen LogP contribution in [0.3, 0.4) is 0 Å². The first-order chi connectivity index (χ1) is 9.33. The maximum atomic E-state index is 12.2. The van der Waals surface area contributed by atoms with Crippen molar-refractivity contribution >= 4 is 43.0 Å². The summed E-state index contributed by atoms with van der Waals surface area (Å²) in [5.41, 5.74) is 1.58. The molecule has 1 fully saturated rings. The van der Waals surface area contributed by atoms with Gasteiger partial charge in [-0.25, -0.2) is 8.42 Å². The Morgan fingerprint density at radius 3 is 2.65 bits per heavy atom. The second kappa shape index (κ2) is 6.15. The average Bonchev–Trinajstić information content (AvgIpc) is 2.61. The van der Waals surface area contributed by atoms with Gasteiger partial charge < -0.3 is 5.32 Å². The van der Waals surface area contributed by atoms with E-state index in [-0.39, 0.29) is 18.2 Å². The van der Waals surface area contributed by atoms with E-state index in [1.54, 1.807) is 0 Å². The second-order valence-corrected chi connectivity index (χ2v) is 10.1. The van der Waals surface area contributed by atoms with Crippen LogP contribution in [0.2, 0.25) is 0 Å². The summed E-state index contributed by atoms with van der Waals surface area (Å²) in [5, 5.41) is 2.35. The van der Waals surface area contributed by atoms with Crippen molar-refractivity contribution in [3.8, 4) is 0 Å². The topological polar surface area (TPSA) is 63.2 Å². The Morgan fingerprint density at radius 1 is 1.40 bits per heavy atom. The quantitative estimate of drug-likeness (QED) is 0.877. The minimum absolute atomic E-state index is 0.195. The molecule has 0 spiro atoms. The molecule has 1 aliphatic rings. The van der Waals surface area contributed by atoms with Crippen molar-refractivity contribution in [3.05, 3.63) is 19.8 Å². The van der Waals surface area contributed by atoms with Gasteiger partial charge in [0.15, 0.2) is 9.84 Å². The highest BCUT2D eigenvalue weighted by atomic mass is 79.9. The van der Waals surface area contributed by atoms with Gasteiger partial charge >= 0.3 is 0 Å². The van der Waals surface area contributed by atoms with E-state index in [0.29, 0.717) is 12.0 Å². The standard InChI is InChI=1S/C13H18BrNO3S2/c1-8-9(2)19-12(14)11(8)13(16)15-7-10-5-3-4-6-20(10,17)18/h10H,3-7H2,1-2H3,(H,15,16). The summed E-state index contributed by atoms with van der Waals surface area (Å²) in [6.45, 7) is 4.08. The molecule has 0 saturated carbocycles. The number of carbonyl (C=O) groups excluding carboxylic acids is 1. The first-order valence-electron chi connectivity index (χ1n) is 6.58. The van der Waals surface area contributed by atoms with Gasteiger partial charge in [-0.2, -0.15) is 0 Å². The zero-order chi connectivity index (χ0) is 14.9. The zero-order valence-electron chi connectivity index (χ0n) is 11.5. The first-order valence-corrected chi connectivity index (χ1v) is 9.90. The third kappa shape index (κ3) is 3.26. The third-order valence-electron chi connectivity index (χ3n) is 3.77. The molecule has 1 aliphatic heterocycles. The van der Waals surface area contributed by atoms with E-state index in [1.807, 2.05) is 13.8 Å². The molecular weight excluding hydrogens is 362 g/mol. The Balaban J connectivity index is 2.05. The van der Waals surface area contributed by atoms with Crippen LogP contribution < -0.4 is 5.32 Å². The van der Waals surface area contributed by atoms with E-state index in [9.17, 15) is 13.2 Å². The van der Waals surface area contributed by atoms with Crippen LogP contribution in [0.1, 0.15) is 40.1 Å². The molecule has 2 heterocycles. The van der Waals surface area contributed by atoms with Crippen LogP contribution in [0.25, 0.3) is 0 Å². The SMILES string of the molecule is Cc1sc(Br)c(C(=O)NCC2CCCCS2(=O)=O)c1C. The number of carbonyl (C=O) groups is 1. The van der Waals surface area contributed by atoms with Crippen molar-refractivity contribution in [2.45, 2.75) is 38.4 Å². The zero-order valence-corrected chi connectivity index (χ0v) is 14.8. The molecule has 1 atom stereocenters. The van der Waals surface area contributed by atoms with E-state index >= 15 is 0 Å². The Bertz CT molecular complexity index is 622. The van der Waals surface area contributed by atoms with E-state index in [2.05, 4.69) is 21.2 Å². The van der Waals surface area contributed by atoms with E-state index in [0.717, 1.165) is 27.1 Å². The van der Waals surface area contributed by atoms with E-state index in [1.165, 1.54) is 11.3 Å². The number of hydrogen-bond donors (Lipinski definition) is 1. The molecule has 0 radical (unpaired) electrons. The number of thiophene rings is 1. The van der Waals surface area contributed by atoms with Gasteiger partial charge in [0.25, 0.3) is 5.91 Å². The number of hydrogen-bond acceptors (Lipinski definition) is 4. The third-order valence-corrected chi connectivity index (χ3v) is 7.93. The van der Waals surface area contributed by atoms with E-state index < -0.39 is 15.1 Å². The maximum Gasteiger partial charge on any atom is 0.253 e. The molecule has 20 heavy (non-hydrogen) atoms. The molecule has 1 aromatic heterocycles. The van der Waals surface area contributed by atoms with Gasteiger partial charge in [0.2, 0.25) is 0 Å². The predicted octanol–water partition coefficient (Wildman–Crippen LogP) is 2.82. The van der Waals surface area contributed by atoms with Crippen molar-refractivity contribution in [3.63, 3.8) is 0 Å². The molecule has 0 aliphatic carbocycles. The van der Waals surface area contributed by atoms with Crippen molar-refractivity contribution in [2.24, 2.45) is 0 Å². The molecule has 1 N–H and O–H groups in total. The summed E-state index contributed by atoms with van der Waals surface area (Å²) in [6.07, 6.45) is 2.30. The van der Waals surface area contributed by atoms with Crippen molar-refractivity contribution in [1.82, 2.24) is 5.32 Å². The Kier molecular flexibility index (Phi) is 4.92. The van der Waals surface area contributed by atoms with Crippen molar-refractivity contribution in [1.29, 1.82) is 0 Å². The van der Waals surface area contributed by atoms with Crippen LogP contribution in [0.4, 0.5) is 0 Å². The molecule has 1 saturated heterocycles. The molecule has 0 aromatic carbocycles. The molecule has 1 unspecified atom stereocenters. The minimum Gasteiger partial charge on any atom is -0.351 e. The fourth-order valence-corrected chi connectivity index (χ4v) is 6.27. The van der Waals surface area contributed by atoms with Gasteiger partial charge in [-0.1, -0.05) is 6.42 Å². The van der Waals surface area contributed by atoms with Gasteiger partial charge in [-0.05, 0) is 48.2 Å². The number of amides is 1. The Hall–Kier alpha value is -0.400. The van der Waals surface area contributed by atoms with Crippen LogP contribution in [0.15, 0.2) is 3.79 Å². The molecule has 1 aromatic rings. The van der Waals surface area contributed by atoms with Crippen LogP contribution in [-0.4, -0.2) is 31.9 Å². The Morgan fingerprint density at radius 2 is 2.10 bits per heavy atom. The number of rotatable bonds is 3. The Labute approximate surface area is 132 Å². The molecular formula is C13H18BrNO3S2. The lowest BCUT2D eigenvalue weighted by atomic mass is 10.1. The smallest absolute Gasteiger partial charge is 0.253 e. The fraction of sp³-hybridized carbons (Fsp3) is 0.615. The van der Waals surface area contributed by atoms with Crippen molar-refractivity contribution in [2.75, 3.05) is 12.3 Å². The van der Waals surface area contributed by atoms with Gasteiger partial charge in [-0.15, -0.1) is 11.3 Å². The predicted molar refractivity (Wildman–Crippen MR) is 85.3 cm³/mol. The number of halogens is 1. The van der Waals surface area contributed by atoms with Crippen LogP contribution in [-0.2, 0) is 9.84 Å². The number of aryl methyl sites for hydroxylation is 1. The molecule has 0 bridgehead atoms. The van der Waals surface area contributed by atoms with Crippen molar-refractivity contribution < 1.29 is 13.2 Å². The largest absolute Gasteiger partial charge is 0.351 e. The normalized spacial score (nSPS) is 21.6. The molecule has 112 valence electrons. The van der Waals surface area contributed by atoms with Crippen LogP contribution >= 0.6 is 27.3 Å². The summed E-state index contributed by atoms with van der Waals surface area (Å²) in [6, 6.07) is 0. The highest BCUT2D eigenvalue weighted by molar-refractivity contribution is 9.11. The van der Waals surface area contributed by atoms with E-state index in [4.69, 9.17) is 0 Å². The molecule has 2 rings (SSSR count). The summed E-state index contributed by atoms with van der Waals surface area (Å²) >= 11 is 4.92. The summed E-state index contributed by atoms with van der Waals surface area (Å²) < 4.78 is 24.6. The van der Waals surface area contributed by atoms with Crippen LogP contribution in [0.5, 0.6) is 0 Å². The van der Waals surface area contributed by atoms with Crippen LogP contribution in [0, 0.1) is 13.8 Å². The second-order valence-electron chi connectivity index (χ2n) is 5.13. The highest BCUT2D eigenvalue weighted by Gasteiger charge is 2.29. The lowest BCUT2D eigenvalue weighted by Crippen LogP contribution is -2.39. The number of nitrogens with one attached hydrogen (secondary N) is 1. The molecule has 7 heteroatoms. The minimum atomic E-state index is -3.04. The monoisotopic (exact) mass is 379 g/mol. The van der Waals surface area contributed by atoms with Gasteiger partial charge in [0, 0.05) is 11.4 Å². The van der Waals surface area contributed by atoms with Gasteiger partial charge in [0.05, 0.1) is 20.4 Å². The average molecular weight is 380 g/mol. The number of sulfone groups is 1. The lowest BCUT2D eigenvalue weighted by molar-refractivity contribution is 0.0952.